The number of nitrogens with one attached hydrogen (secondary N) is 2. The van der Waals surface area contributed by atoms with E-state index >= 15 is 0 Å². The molecular weight excluding hydrogens is 352 g/mol. The summed E-state index contributed by atoms with van der Waals surface area (Å²) in [4.78, 5) is 14.7. The lowest BCUT2D eigenvalue weighted by atomic mass is 9.79. The van der Waals surface area contributed by atoms with E-state index in [2.05, 4.69) is 44.4 Å². The first-order valence-corrected chi connectivity index (χ1v) is 10.2. The number of para-hydroxylation sites is 1. The van der Waals surface area contributed by atoms with Crippen molar-refractivity contribution in [2.45, 2.75) is 76.6 Å². The lowest BCUT2D eigenvalue weighted by Gasteiger charge is -2.47. The maximum Gasteiger partial charge on any atom is 0.317 e. The quantitative estimate of drug-likeness (QED) is 0.837. The molecule has 0 saturated carbocycles. The first kappa shape index (κ1) is 20.5. The fourth-order valence-corrected chi connectivity index (χ4v) is 4.71. The molecule has 0 bridgehead atoms. The summed E-state index contributed by atoms with van der Waals surface area (Å²) in [5.74, 6) is 0.632. The van der Waals surface area contributed by atoms with Crippen LogP contribution in [0.3, 0.4) is 0 Å². The summed E-state index contributed by atoms with van der Waals surface area (Å²) >= 11 is 0. The Morgan fingerprint density at radius 1 is 1.18 bits per heavy atom. The summed E-state index contributed by atoms with van der Waals surface area (Å²) in [6.45, 7) is 10.1. The van der Waals surface area contributed by atoms with Gasteiger partial charge in [-0.05, 0) is 52.7 Å². The number of nitrogens with zero attached hydrogens (tertiary/aromatic N) is 2. The van der Waals surface area contributed by atoms with Crippen LogP contribution in [0, 0.1) is 11.3 Å². The predicted octanol–water partition coefficient (Wildman–Crippen LogP) is 3.42. The maximum atomic E-state index is 12.8. The summed E-state index contributed by atoms with van der Waals surface area (Å²) in [5, 5.41) is 16.1. The molecule has 28 heavy (non-hydrogen) atoms. The molecule has 152 valence electrons. The molecule has 3 rings (SSSR count). The summed E-state index contributed by atoms with van der Waals surface area (Å²) in [7, 11) is 0. The number of ether oxygens (including phenoxy) is 1. The molecule has 0 aliphatic carbocycles. The van der Waals surface area contributed by atoms with Crippen LogP contribution in [-0.2, 0) is 0 Å². The third-order valence-electron chi connectivity index (χ3n) is 5.55. The number of amides is 2. The molecular formula is C22H32N4O2. The van der Waals surface area contributed by atoms with Crippen LogP contribution in [-0.4, -0.2) is 47.2 Å². The van der Waals surface area contributed by atoms with Crippen molar-refractivity contribution in [2.24, 2.45) is 0 Å². The van der Waals surface area contributed by atoms with Crippen molar-refractivity contribution >= 4 is 6.03 Å². The smallest absolute Gasteiger partial charge is 0.317 e. The Balaban J connectivity index is 1.51. The summed E-state index contributed by atoms with van der Waals surface area (Å²) in [6.07, 6.45) is 3.43. The number of hydrogen-bond acceptors (Lipinski definition) is 4. The van der Waals surface area contributed by atoms with Crippen molar-refractivity contribution < 1.29 is 9.53 Å². The van der Waals surface area contributed by atoms with Crippen LogP contribution in [0.15, 0.2) is 24.3 Å². The molecule has 0 unspecified atom stereocenters. The van der Waals surface area contributed by atoms with Crippen molar-refractivity contribution in [3.63, 3.8) is 0 Å². The van der Waals surface area contributed by atoms with Crippen LogP contribution in [0.5, 0.6) is 5.75 Å². The molecule has 1 aromatic rings. The Morgan fingerprint density at radius 2 is 1.79 bits per heavy atom. The van der Waals surface area contributed by atoms with Gasteiger partial charge >= 0.3 is 6.03 Å². The van der Waals surface area contributed by atoms with E-state index in [0.29, 0.717) is 24.4 Å². The van der Waals surface area contributed by atoms with Crippen molar-refractivity contribution in [1.82, 2.24) is 15.5 Å². The Morgan fingerprint density at radius 3 is 2.39 bits per heavy atom. The molecule has 0 aromatic heterocycles. The molecule has 1 aromatic carbocycles. The minimum absolute atomic E-state index is 0.00859. The largest absolute Gasteiger partial charge is 0.489 e. The average molecular weight is 385 g/mol. The van der Waals surface area contributed by atoms with Gasteiger partial charge < -0.3 is 20.3 Å². The van der Waals surface area contributed by atoms with Crippen molar-refractivity contribution in [3.05, 3.63) is 29.8 Å². The van der Waals surface area contributed by atoms with Crippen molar-refractivity contribution in [2.75, 3.05) is 13.1 Å². The van der Waals surface area contributed by atoms with Crippen LogP contribution in [0.1, 0.15) is 58.9 Å². The molecule has 6 heteroatoms. The van der Waals surface area contributed by atoms with Gasteiger partial charge in [0.05, 0.1) is 5.56 Å². The molecule has 6 nitrogen and oxygen atoms in total. The predicted molar refractivity (Wildman–Crippen MR) is 109 cm³/mol. The van der Waals surface area contributed by atoms with E-state index < -0.39 is 0 Å². The maximum absolute atomic E-state index is 12.8. The average Bonchev–Trinajstić information content (AvgIpc) is 2.60. The standard InChI is InChI=1S/C22H32N4O2/c1-21(2)13-17(14-22(3,4)25-21)24-20(27)26-11-9-18(10-12-26)28-19-8-6-5-7-16(19)15-23/h5-8,17-18,25H,9-14H2,1-4H3,(H,24,27). The van der Waals surface area contributed by atoms with Gasteiger partial charge in [0.1, 0.15) is 17.9 Å². The van der Waals surface area contributed by atoms with Gasteiger partial charge in [-0.15, -0.1) is 0 Å². The minimum Gasteiger partial charge on any atom is -0.489 e. The number of likely N-dealkylation sites (tertiary alicyclic amines) is 1. The number of carbonyl (C=O) groups excluding carboxylic acids is 1. The number of carbonyl (C=O) groups is 1. The van der Waals surface area contributed by atoms with Gasteiger partial charge in [-0.2, -0.15) is 5.26 Å². The molecule has 0 atom stereocenters. The third kappa shape index (κ3) is 5.17. The molecule has 2 amide bonds. The highest BCUT2D eigenvalue weighted by Gasteiger charge is 2.38. The SMILES string of the molecule is CC1(C)CC(NC(=O)N2CCC(Oc3ccccc3C#N)CC2)CC(C)(C)N1. The Bertz CT molecular complexity index is 729. The number of hydrogen-bond donors (Lipinski definition) is 2. The van der Waals surface area contributed by atoms with Crippen molar-refractivity contribution in [1.29, 1.82) is 5.26 Å². The van der Waals surface area contributed by atoms with Gasteiger partial charge in [-0.25, -0.2) is 4.79 Å². The minimum atomic E-state index is 0.00859. The second-order valence-corrected chi connectivity index (χ2v) is 9.36. The normalized spacial score (nSPS) is 22.3. The number of urea groups is 1. The highest BCUT2D eigenvalue weighted by molar-refractivity contribution is 5.74. The Hall–Kier alpha value is -2.26. The number of rotatable bonds is 3. The number of piperidine rings is 2. The fraction of sp³-hybridized carbons (Fsp3) is 0.636. The number of benzene rings is 1. The highest BCUT2D eigenvalue weighted by atomic mass is 16.5. The monoisotopic (exact) mass is 384 g/mol. The van der Waals surface area contributed by atoms with Crippen LogP contribution in [0.25, 0.3) is 0 Å². The zero-order valence-corrected chi connectivity index (χ0v) is 17.4. The van der Waals surface area contributed by atoms with E-state index in [1.807, 2.05) is 23.1 Å². The topological polar surface area (TPSA) is 77.4 Å². The molecule has 2 fully saturated rings. The van der Waals surface area contributed by atoms with Crippen molar-refractivity contribution in [3.8, 4) is 11.8 Å². The molecule has 2 saturated heterocycles. The molecule has 2 aliphatic heterocycles. The number of nitriles is 1. The molecule has 0 radical (unpaired) electrons. The lowest BCUT2D eigenvalue weighted by Crippen LogP contribution is -2.63. The van der Waals surface area contributed by atoms with E-state index in [0.717, 1.165) is 25.7 Å². The van der Waals surface area contributed by atoms with Crippen LogP contribution >= 0.6 is 0 Å². The van der Waals surface area contributed by atoms with Gasteiger partial charge in [0.15, 0.2) is 0 Å². The molecule has 2 N–H and O–H groups in total. The summed E-state index contributed by atoms with van der Waals surface area (Å²) < 4.78 is 6.02. The van der Waals surface area contributed by atoms with E-state index in [9.17, 15) is 10.1 Å². The molecule has 2 heterocycles. The third-order valence-corrected chi connectivity index (χ3v) is 5.55. The van der Waals surface area contributed by atoms with Crippen LogP contribution < -0.4 is 15.4 Å². The van der Waals surface area contributed by atoms with Gasteiger partial charge in [0.25, 0.3) is 0 Å². The Labute approximate surface area is 168 Å². The second-order valence-electron chi connectivity index (χ2n) is 9.36. The lowest BCUT2D eigenvalue weighted by molar-refractivity contribution is 0.103. The van der Waals surface area contributed by atoms with Gasteiger partial charge in [-0.3, -0.25) is 0 Å². The highest BCUT2D eigenvalue weighted by Crippen LogP contribution is 2.29. The zero-order chi connectivity index (χ0) is 20.4. The first-order valence-electron chi connectivity index (χ1n) is 10.2. The van der Waals surface area contributed by atoms with E-state index in [1.54, 1.807) is 6.07 Å². The summed E-state index contributed by atoms with van der Waals surface area (Å²) in [5.41, 5.74) is 0.572. The van der Waals surface area contributed by atoms with Crippen LogP contribution in [0.4, 0.5) is 4.79 Å². The van der Waals surface area contributed by atoms with Gasteiger partial charge in [0, 0.05) is 43.1 Å². The summed E-state index contributed by atoms with van der Waals surface area (Å²) in [6, 6.07) is 9.67. The first-order chi connectivity index (χ1) is 13.2. The van der Waals surface area contributed by atoms with E-state index in [-0.39, 0.29) is 29.3 Å². The van der Waals surface area contributed by atoms with E-state index in [4.69, 9.17) is 4.74 Å². The zero-order valence-electron chi connectivity index (χ0n) is 17.4. The Kier molecular flexibility index (Phi) is 5.85. The van der Waals surface area contributed by atoms with E-state index in [1.165, 1.54) is 0 Å². The molecule has 0 spiro atoms. The molecule has 2 aliphatic rings. The fourth-order valence-electron chi connectivity index (χ4n) is 4.71. The van der Waals surface area contributed by atoms with Gasteiger partial charge in [0.2, 0.25) is 0 Å². The second kappa shape index (κ2) is 8.00. The van der Waals surface area contributed by atoms with Crippen LogP contribution in [0.2, 0.25) is 0 Å². The van der Waals surface area contributed by atoms with Gasteiger partial charge in [-0.1, -0.05) is 12.1 Å².